The molecule has 1 aliphatic heterocycles. The molecule has 1 unspecified atom stereocenters. The first kappa shape index (κ1) is 8.51. The molecule has 13 heavy (non-hydrogen) atoms. The molecule has 0 aromatic carbocycles. The first-order valence-corrected chi connectivity index (χ1v) is 4.53. The van der Waals surface area contributed by atoms with Gasteiger partial charge in [0.15, 0.2) is 0 Å². The van der Waals surface area contributed by atoms with Gasteiger partial charge in [-0.3, -0.25) is 9.98 Å². The maximum Gasteiger partial charge on any atom is 0.0694 e. The third kappa shape index (κ3) is 1.80. The number of nitrogens with zero attached hydrogens (tertiary/aromatic N) is 2. The molecule has 0 aliphatic carbocycles. The summed E-state index contributed by atoms with van der Waals surface area (Å²) in [4.78, 5) is 8.43. The summed E-state index contributed by atoms with van der Waals surface area (Å²) in [6, 6.07) is 3.89. The fourth-order valence-electron chi connectivity index (χ4n) is 1.24. The Bertz CT molecular complexity index is 460. The third-order valence-corrected chi connectivity index (χ3v) is 2.09. The molecule has 2 heterocycles. The van der Waals surface area contributed by atoms with E-state index in [4.69, 9.17) is 0 Å². The smallest absolute Gasteiger partial charge is 0.0694 e. The predicted octanol–water partition coefficient (Wildman–Crippen LogP) is 0.373. The van der Waals surface area contributed by atoms with Crippen LogP contribution < -0.4 is 10.6 Å². The highest BCUT2D eigenvalue weighted by Gasteiger charge is 2.12. The fourth-order valence-corrected chi connectivity index (χ4v) is 1.43. The summed E-state index contributed by atoms with van der Waals surface area (Å²) >= 11 is 4.45. The monoisotopic (exact) mass is 190 g/mol. The van der Waals surface area contributed by atoms with E-state index >= 15 is 0 Å². The maximum absolute atomic E-state index is 4.45. The molecule has 1 aliphatic rings. The van der Waals surface area contributed by atoms with Gasteiger partial charge in [-0.1, -0.05) is 0 Å². The van der Waals surface area contributed by atoms with E-state index < -0.39 is 0 Å². The van der Waals surface area contributed by atoms with Crippen molar-refractivity contribution in [2.75, 3.05) is 0 Å². The average molecular weight is 190 g/mol. The second kappa shape index (κ2) is 3.00. The molecule has 0 fully saturated rings. The van der Waals surface area contributed by atoms with Crippen LogP contribution in [0.3, 0.4) is 0 Å². The van der Waals surface area contributed by atoms with E-state index in [2.05, 4.69) is 22.6 Å². The Balaban J connectivity index is 2.77. The molecular formula is C10H10N2S. The molecule has 1 aromatic heterocycles. The van der Waals surface area contributed by atoms with Crippen LogP contribution in [0, 0.1) is 0 Å². The van der Waals surface area contributed by atoms with E-state index in [0.717, 1.165) is 10.6 Å². The van der Waals surface area contributed by atoms with E-state index in [1.807, 2.05) is 25.1 Å². The van der Waals surface area contributed by atoms with Crippen molar-refractivity contribution < 1.29 is 0 Å². The highest BCUT2D eigenvalue weighted by Crippen LogP contribution is 2.12. The van der Waals surface area contributed by atoms with Crippen molar-refractivity contribution in [3.63, 3.8) is 0 Å². The van der Waals surface area contributed by atoms with Crippen LogP contribution in [0.15, 0.2) is 23.3 Å². The number of hydrogen-bond donors (Lipinski definition) is 1. The molecule has 0 N–H and O–H groups in total. The van der Waals surface area contributed by atoms with Crippen LogP contribution in [0.4, 0.5) is 0 Å². The Labute approximate surface area is 82.1 Å². The van der Waals surface area contributed by atoms with E-state index in [-0.39, 0.29) is 4.75 Å². The first-order chi connectivity index (χ1) is 6.17. The van der Waals surface area contributed by atoms with Crippen LogP contribution in [0.2, 0.25) is 0 Å². The first-order valence-electron chi connectivity index (χ1n) is 4.08. The topological polar surface area (TPSA) is 25.2 Å². The Morgan fingerprint density at radius 2 is 2.31 bits per heavy atom. The number of hydrogen-bond acceptors (Lipinski definition) is 3. The van der Waals surface area contributed by atoms with Gasteiger partial charge < -0.3 is 0 Å². The van der Waals surface area contributed by atoms with E-state index in [0.29, 0.717) is 0 Å². The van der Waals surface area contributed by atoms with Gasteiger partial charge in [0.2, 0.25) is 0 Å². The summed E-state index contributed by atoms with van der Waals surface area (Å²) in [5.41, 5.74) is 0. The molecule has 0 radical (unpaired) electrons. The van der Waals surface area contributed by atoms with E-state index in [1.165, 1.54) is 0 Å². The summed E-state index contributed by atoms with van der Waals surface area (Å²) < 4.78 is -0.309. The lowest BCUT2D eigenvalue weighted by Crippen LogP contribution is -2.30. The molecule has 0 bridgehead atoms. The van der Waals surface area contributed by atoms with E-state index in [1.54, 1.807) is 18.6 Å². The van der Waals surface area contributed by atoms with Crippen LogP contribution >= 0.6 is 12.6 Å². The minimum Gasteiger partial charge on any atom is -0.267 e. The fraction of sp³-hybridized carbons (Fsp3) is 0.200. The Morgan fingerprint density at radius 3 is 3.15 bits per heavy atom. The Morgan fingerprint density at radius 1 is 1.46 bits per heavy atom. The van der Waals surface area contributed by atoms with Crippen molar-refractivity contribution in [3.8, 4) is 0 Å². The Hall–Kier alpha value is -1.09. The molecule has 3 heteroatoms. The number of pyridine rings is 1. The number of fused-ring (bicyclic) bond motifs is 1. The van der Waals surface area contributed by atoms with Gasteiger partial charge in [0.25, 0.3) is 0 Å². The molecule has 0 saturated heterocycles. The molecule has 0 spiro atoms. The summed E-state index contributed by atoms with van der Waals surface area (Å²) in [7, 11) is 0. The van der Waals surface area contributed by atoms with Crippen molar-refractivity contribution in [2.45, 2.75) is 11.7 Å². The predicted molar refractivity (Wildman–Crippen MR) is 58.3 cm³/mol. The maximum atomic E-state index is 4.45. The second-order valence-corrected chi connectivity index (χ2v) is 4.22. The largest absolute Gasteiger partial charge is 0.267 e. The quantitative estimate of drug-likeness (QED) is 0.588. The number of aromatic nitrogens is 1. The molecular weight excluding hydrogens is 180 g/mol. The van der Waals surface area contributed by atoms with Crippen LogP contribution in [0.5, 0.6) is 0 Å². The van der Waals surface area contributed by atoms with Crippen LogP contribution in [-0.4, -0.2) is 15.9 Å². The van der Waals surface area contributed by atoms with Gasteiger partial charge >= 0.3 is 0 Å². The summed E-state index contributed by atoms with van der Waals surface area (Å²) in [5.74, 6) is 0. The van der Waals surface area contributed by atoms with E-state index in [9.17, 15) is 0 Å². The van der Waals surface area contributed by atoms with Crippen LogP contribution in [-0.2, 0) is 0 Å². The van der Waals surface area contributed by atoms with Gasteiger partial charge in [0, 0.05) is 23.8 Å². The minimum atomic E-state index is -0.309. The Kier molecular flexibility index (Phi) is 1.96. The lowest BCUT2D eigenvalue weighted by atomic mass is 10.1. The molecule has 0 amide bonds. The SMILES string of the molecule is CC1(S)C=NC=c2cccnc2=C1. The highest BCUT2D eigenvalue weighted by atomic mass is 32.1. The lowest BCUT2D eigenvalue weighted by molar-refractivity contribution is 1.13. The summed E-state index contributed by atoms with van der Waals surface area (Å²) in [5, 5.41) is 1.98. The molecule has 1 aromatic rings. The molecule has 0 saturated carbocycles. The second-order valence-electron chi connectivity index (χ2n) is 3.26. The van der Waals surface area contributed by atoms with Gasteiger partial charge in [-0.2, -0.15) is 12.6 Å². The zero-order valence-electron chi connectivity index (χ0n) is 7.31. The lowest BCUT2D eigenvalue weighted by Gasteiger charge is -2.09. The normalized spacial score (nSPS) is 25.4. The molecule has 2 nitrogen and oxygen atoms in total. The molecule has 1 atom stereocenters. The van der Waals surface area contributed by atoms with Gasteiger partial charge in [0.05, 0.1) is 10.1 Å². The number of rotatable bonds is 0. The molecule has 2 rings (SSSR count). The van der Waals surface area contributed by atoms with Crippen molar-refractivity contribution in [3.05, 3.63) is 28.9 Å². The average Bonchev–Trinajstić information content (AvgIpc) is 2.21. The summed E-state index contributed by atoms with van der Waals surface area (Å²) in [6.07, 6.45) is 7.38. The number of aliphatic imine (C=N–C) groups is 1. The zero-order chi connectivity index (χ0) is 9.31. The molecule has 66 valence electrons. The van der Waals surface area contributed by atoms with Crippen LogP contribution in [0.25, 0.3) is 12.3 Å². The van der Waals surface area contributed by atoms with Crippen LogP contribution in [0.1, 0.15) is 6.92 Å². The third-order valence-electron chi connectivity index (χ3n) is 1.85. The van der Waals surface area contributed by atoms with Gasteiger partial charge in [0.1, 0.15) is 0 Å². The van der Waals surface area contributed by atoms with Crippen molar-refractivity contribution in [1.82, 2.24) is 4.98 Å². The highest BCUT2D eigenvalue weighted by molar-refractivity contribution is 7.83. The minimum absolute atomic E-state index is 0.309. The van der Waals surface area contributed by atoms with Crippen molar-refractivity contribution >= 4 is 31.1 Å². The van der Waals surface area contributed by atoms with Gasteiger partial charge in [-0.25, -0.2) is 0 Å². The van der Waals surface area contributed by atoms with Gasteiger partial charge in [-0.15, -0.1) is 0 Å². The number of thiol groups is 1. The summed E-state index contributed by atoms with van der Waals surface area (Å²) in [6.45, 7) is 1.98. The van der Waals surface area contributed by atoms with Gasteiger partial charge in [-0.05, 0) is 25.1 Å². The van der Waals surface area contributed by atoms with Crippen molar-refractivity contribution in [2.24, 2.45) is 4.99 Å². The zero-order valence-corrected chi connectivity index (χ0v) is 8.20. The van der Waals surface area contributed by atoms with Crippen molar-refractivity contribution in [1.29, 1.82) is 0 Å². The standard InChI is InChI=1S/C10H10N2S/c1-10(13)5-9-8(6-11-7-10)3-2-4-12-9/h2-7,13H,1H3.